The smallest absolute Gasteiger partial charge is 0.217 e. The van der Waals surface area contributed by atoms with Gasteiger partial charge in [0.15, 0.2) is 5.96 Å². The average Bonchev–Trinajstić information content (AvgIpc) is 2.62. The molecule has 0 aliphatic carbocycles. The summed E-state index contributed by atoms with van der Waals surface area (Å²) in [6.45, 7) is 7.52. The lowest BCUT2D eigenvalue weighted by molar-refractivity contribution is -0.119. The molecule has 6 heteroatoms. The third kappa shape index (κ3) is 6.54. The molecule has 1 saturated heterocycles. The summed E-state index contributed by atoms with van der Waals surface area (Å²) in [5, 5.41) is 3.42. The number of hydrogen-bond acceptors (Lipinski definition) is 3. The van der Waals surface area contributed by atoms with Gasteiger partial charge in [0, 0.05) is 26.1 Å². The fourth-order valence-corrected chi connectivity index (χ4v) is 3.66. The van der Waals surface area contributed by atoms with Gasteiger partial charge in [-0.15, -0.1) is 0 Å². The van der Waals surface area contributed by atoms with Crippen LogP contribution in [0.25, 0.3) is 0 Å². The number of aryl methyl sites for hydroxylation is 1. The third-order valence-electron chi connectivity index (χ3n) is 5.14. The van der Waals surface area contributed by atoms with Crippen LogP contribution in [0.3, 0.4) is 0 Å². The van der Waals surface area contributed by atoms with E-state index in [0.29, 0.717) is 18.9 Å². The molecular weight excluding hydrogens is 338 g/mol. The van der Waals surface area contributed by atoms with Crippen LogP contribution >= 0.6 is 0 Å². The number of benzene rings is 1. The predicted molar refractivity (Wildman–Crippen MR) is 112 cm³/mol. The van der Waals surface area contributed by atoms with Crippen molar-refractivity contribution in [3.8, 4) is 0 Å². The molecule has 0 aromatic heterocycles. The number of carbonyl (C=O) groups is 1. The number of nitrogens with zero attached hydrogens (tertiary/aromatic N) is 3. The normalized spacial score (nSPS) is 19.2. The summed E-state index contributed by atoms with van der Waals surface area (Å²) in [6, 6.07) is 8.91. The number of nitrogens with two attached hydrogens (primary N) is 1. The first-order valence-corrected chi connectivity index (χ1v) is 9.95. The van der Waals surface area contributed by atoms with Crippen LogP contribution in [0.5, 0.6) is 0 Å². The van der Waals surface area contributed by atoms with Gasteiger partial charge in [-0.1, -0.05) is 29.8 Å². The second-order valence-electron chi connectivity index (χ2n) is 7.71. The minimum atomic E-state index is -0.212. The molecule has 0 bridgehead atoms. The minimum absolute atomic E-state index is 0.212. The van der Waals surface area contributed by atoms with E-state index in [1.807, 2.05) is 0 Å². The van der Waals surface area contributed by atoms with Crippen LogP contribution < -0.4 is 11.1 Å². The summed E-state index contributed by atoms with van der Waals surface area (Å²) < 4.78 is 0. The number of rotatable bonds is 7. The van der Waals surface area contributed by atoms with E-state index in [2.05, 4.69) is 67.3 Å². The highest BCUT2D eigenvalue weighted by Crippen LogP contribution is 2.21. The summed E-state index contributed by atoms with van der Waals surface area (Å²) in [5.74, 6) is 1.04. The van der Waals surface area contributed by atoms with E-state index >= 15 is 0 Å². The number of nitrogens with one attached hydrogen (secondary N) is 1. The van der Waals surface area contributed by atoms with Crippen LogP contribution in [0.2, 0.25) is 0 Å². The zero-order chi connectivity index (χ0) is 19.8. The molecule has 1 heterocycles. The summed E-state index contributed by atoms with van der Waals surface area (Å²) in [6.07, 6.45) is 2.58. The molecule has 0 radical (unpaired) electrons. The van der Waals surface area contributed by atoms with Crippen molar-refractivity contribution in [3.05, 3.63) is 35.4 Å². The Hall–Kier alpha value is -2.08. The Kier molecular flexibility index (Phi) is 8.10. The molecule has 1 aliphatic heterocycles. The summed E-state index contributed by atoms with van der Waals surface area (Å²) in [7, 11) is 4.19. The molecule has 1 amide bonds. The molecule has 150 valence electrons. The molecule has 3 N–H and O–H groups in total. The molecule has 2 atom stereocenters. The Morgan fingerprint density at radius 2 is 2.07 bits per heavy atom. The quantitative estimate of drug-likeness (QED) is 0.567. The number of aliphatic imine (C=N–C) groups is 1. The topological polar surface area (TPSA) is 74.0 Å². The van der Waals surface area contributed by atoms with Crippen molar-refractivity contribution < 1.29 is 4.79 Å². The first-order valence-electron chi connectivity index (χ1n) is 9.95. The van der Waals surface area contributed by atoms with Crippen LogP contribution in [0.4, 0.5) is 0 Å². The number of amides is 1. The Labute approximate surface area is 163 Å². The largest absolute Gasteiger partial charge is 0.370 e. The summed E-state index contributed by atoms with van der Waals surface area (Å²) in [4.78, 5) is 20.7. The molecule has 1 fully saturated rings. The summed E-state index contributed by atoms with van der Waals surface area (Å²) in [5.41, 5.74) is 7.94. The molecule has 27 heavy (non-hydrogen) atoms. The predicted octanol–water partition coefficient (Wildman–Crippen LogP) is 2.15. The van der Waals surface area contributed by atoms with Gasteiger partial charge in [0.2, 0.25) is 5.91 Å². The number of primary amides is 1. The SMILES string of the molecule is CCNC(=NCC(c1ccc(C)cc1)N(C)C)N1CCCC(CC(N)=O)C1. The number of guanidine groups is 1. The number of carbonyl (C=O) groups excluding carboxylic acids is 1. The second kappa shape index (κ2) is 10.3. The fourth-order valence-electron chi connectivity index (χ4n) is 3.66. The first-order chi connectivity index (χ1) is 12.9. The third-order valence-corrected chi connectivity index (χ3v) is 5.14. The summed E-state index contributed by atoms with van der Waals surface area (Å²) >= 11 is 0. The van der Waals surface area contributed by atoms with Crippen LogP contribution in [0.15, 0.2) is 29.3 Å². The molecular formula is C21H35N5O. The maximum absolute atomic E-state index is 11.3. The minimum Gasteiger partial charge on any atom is -0.370 e. The average molecular weight is 374 g/mol. The van der Waals surface area contributed by atoms with Gasteiger partial charge >= 0.3 is 0 Å². The van der Waals surface area contributed by atoms with E-state index in [9.17, 15) is 4.79 Å². The van der Waals surface area contributed by atoms with E-state index in [-0.39, 0.29) is 11.9 Å². The molecule has 1 aromatic carbocycles. The van der Waals surface area contributed by atoms with Crippen molar-refractivity contribution in [1.82, 2.24) is 15.1 Å². The Morgan fingerprint density at radius 3 is 2.67 bits per heavy atom. The Morgan fingerprint density at radius 1 is 1.37 bits per heavy atom. The molecule has 1 aliphatic rings. The zero-order valence-electron chi connectivity index (χ0n) is 17.2. The zero-order valence-corrected chi connectivity index (χ0v) is 17.2. The number of hydrogen-bond donors (Lipinski definition) is 2. The number of piperidine rings is 1. The number of likely N-dealkylation sites (tertiary alicyclic amines) is 1. The Balaban J connectivity index is 2.12. The van der Waals surface area contributed by atoms with Gasteiger partial charge in [-0.25, -0.2) is 0 Å². The van der Waals surface area contributed by atoms with Gasteiger partial charge in [-0.05, 0) is 52.3 Å². The van der Waals surface area contributed by atoms with Crippen LogP contribution in [-0.4, -0.2) is 61.9 Å². The second-order valence-corrected chi connectivity index (χ2v) is 7.71. The van der Waals surface area contributed by atoms with Gasteiger partial charge in [0.1, 0.15) is 0 Å². The van der Waals surface area contributed by atoms with E-state index in [1.165, 1.54) is 11.1 Å². The maximum atomic E-state index is 11.3. The van der Waals surface area contributed by atoms with E-state index in [0.717, 1.165) is 38.4 Å². The maximum Gasteiger partial charge on any atom is 0.217 e. The molecule has 0 spiro atoms. The van der Waals surface area contributed by atoms with E-state index in [1.54, 1.807) is 0 Å². The highest BCUT2D eigenvalue weighted by atomic mass is 16.1. The molecule has 6 nitrogen and oxygen atoms in total. The van der Waals surface area contributed by atoms with Crippen LogP contribution in [-0.2, 0) is 4.79 Å². The molecule has 1 aromatic rings. The number of likely N-dealkylation sites (N-methyl/N-ethyl adjacent to an activating group) is 1. The van der Waals surface area contributed by atoms with Crippen molar-refractivity contribution >= 4 is 11.9 Å². The molecule has 2 unspecified atom stereocenters. The van der Waals surface area contributed by atoms with E-state index < -0.39 is 0 Å². The van der Waals surface area contributed by atoms with Gasteiger partial charge in [-0.2, -0.15) is 0 Å². The van der Waals surface area contributed by atoms with Crippen molar-refractivity contribution in [2.24, 2.45) is 16.6 Å². The van der Waals surface area contributed by atoms with Crippen LogP contribution in [0.1, 0.15) is 43.4 Å². The lowest BCUT2D eigenvalue weighted by Crippen LogP contribution is -2.47. The van der Waals surface area contributed by atoms with Crippen molar-refractivity contribution in [2.75, 3.05) is 40.3 Å². The highest BCUT2D eigenvalue weighted by molar-refractivity contribution is 5.80. The van der Waals surface area contributed by atoms with E-state index in [4.69, 9.17) is 10.7 Å². The van der Waals surface area contributed by atoms with Gasteiger partial charge in [0.05, 0.1) is 12.6 Å². The molecule has 0 saturated carbocycles. The van der Waals surface area contributed by atoms with Crippen LogP contribution in [0, 0.1) is 12.8 Å². The standard InChI is InChI=1S/C21H35N5O/c1-5-23-21(26-12-6-7-17(15-26)13-20(22)27)24-14-19(25(3)4)18-10-8-16(2)9-11-18/h8-11,17,19H,5-7,12-15H2,1-4H3,(H2,22,27)(H,23,24). The van der Waals surface area contributed by atoms with Gasteiger partial charge in [0.25, 0.3) is 0 Å². The van der Waals surface area contributed by atoms with Crippen molar-refractivity contribution in [1.29, 1.82) is 0 Å². The van der Waals surface area contributed by atoms with Crippen molar-refractivity contribution in [3.63, 3.8) is 0 Å². The lowest BCUT2D eigenvalue weighted by Gasteiger charge is -2.35. The van der Waals surface area contributed by atoms with Crippen molar-refractivity contribution in [2.45, 2.75) is 39.2 Å². The highest BCUT2D eigenvalue weighted by Gasteiger charge is 2.24. The monoisotopic (exact) mass is 373 g/mol. The first kappa shape index (κ1) is 21.2. The fraction of sp³-hybridized carbons (Fsp3) is 0.619. The van der Waals surface area contributed by atoms with Gasteiger partial charge < -0.3 is 20.9 Å². The lowest BCUT2D eigenvalue weighted by atomic mass is 9.95. The molecule has 2 rings (SSSR count). The van der Waals surface area contributed by atoms with Gasteiger partial charge in [-0.3, -0.25) is 9.79 Å². The Bertz CT molecular complexity index is 626.